The van der Waals surface area contributed by atoms with E-state index in [9.17, 15) is 9.59 Å². The lowest BCUT2D eigenvalue weighted by Crippen LogP contribution is -2.22. The monoisotopic (exact) mass is 812 g/mol. The standard InChI is InChI=1S/C21H28N2O3SSi.C12H21IN2O3Si/c1-6-26-21(24)17-13-23(14-25-9-10-28(3,4)5)22-20(17)19-12-16-11-15(2)7-8-18(16)27-19;1-5-18-12(16)10-8-15(14-11(10)13)9-17-6-7-19(2,3)4/h7-8,11-13H,6,9-10,14H2,1-5H3;8H,5-7,9H2,1-4H3. The molecule has 0 amide bonds. The maximum Gasteiger partial charge on any atom is 0.342 e. The van der Waals surface area contributed by atoms with Gasteiger partial charge in [0, 0.05) is 46.5 Å². The lowest BCUT2D eigenvalue weighted by molar-refractivity contribution is 0.0514. The van der Waals surface area contributed by atoms with Crippen molar-refractivity contribution in [1.82, 2.24) is 19.6 Å². The molecule has 0 fully saturated rings. The lowest BCUT2D eigenvalue weighted by Gasteiger charge is -2.15. The van der Waals surface area contributed by atoms with E-state index in [1.807, 2.05) is 29.5 Å². The average Bonchev–Trinajstić information content (AvgIpc) is 3.69. The van der Waals surface area contributed by atoms with Gasteiger partial charge in [-0.25, -0.2) is 19.0 Å². The summed E-state index contributed by atoms with van der Waals surface area (Å²) in [4.78, 5) is 25.1. The third-order valence-corrected chi connectivity index (χ3v) is 12.1. The van der Waals surface area contributed by atoms with E-state index in [4.69, 9.17) is 18.9 Å². The molecule has 0 spiro atoms. The van der Waals surface area contributed by atoms with Crippen LogP contribution in [0.15, 0.2) is 36.7 Å². The first kappa shape index (κ1) is 39.1. The molecule has 4 rings (SSSR count). The predicted octanol–water partition coefficient (Wildman–Crippen LogP) is 8.54. The molecule has 10 nitrogen and oxygen atoms in total. The minimum atomic E-state index is -1.13. The average molecular weight is 813 g/mol. The number of nitrogens with zero attached hydrogens (tertiary/aromatic N) is 4. The van der Waals surface area contributed by atoms with Gasteiger partial charge in [-0.15, -0.1) is 11.3 Å². The summed E-state index contributed by atoms with van der Waals surface area (Å²) >= 11 is 3.66. The first-order valence-electron chi connectivity index (χ1n) is 15.9. The van der Waals surface area contributed by atoms with Crippen molar-refractivity contribution in [1.29, 1.82) is 0 Å². The number of aromatic nitrogens is 4. The maximum atomic E-state index is 12.5. The van der Waals surface area contributed by atoms with Crippen LogP contribution in [0.5, 0.6) is 0 Å². The molecule has 0 radical (unpaired) electrons. The Bertz CT molecular complexity index is 1620. The number of hydrogen-bond donors (Lipinski definition) is 0. The molecule has 0 saturated heterocycles. The molecule has 0 atom stereocenters. The molecule has 14 heteroatoms. The van der Waals surface area contributed by atoms with Gasteiger partial charge in [0.25, 0.3) is 0 Å². The molecule has 4 aromatic rings. The van der Waals surface area contributed by atoms with Gasteiger partial charge in [-0.3, -0.25) is 0 Å². The summed E-state index contributed by atoms with van der Waals surface area (Å²) in [7, 11) is -2.19. The summed E-state index contributed by atoms with van der Waals surface area (Å²) in [6, 6.07) is 10.7. The van der Waals surface area contributed by atoms with Crippen LogP contribution in [-0.2, 0) is 32.4 Å². The summed E-state index contributed by atoms with van der Waals surface area (Å²) < 4.78 is 26.7. The van der Waals surface area contributed by atoms with E-state index in [2.05, 4.69) is 80.7 Å². The van der Waals surface area contributed by atoms with Crippen LogP contribution in [0.25, 0.3) is 20.7 Å². The molecule has 0 aliphatic heterocycles. The third-order valence-electron chi connectivity index (χ3n) is 6.81. The van der Waals surface area contributed by atoms with E-state index in [-0.39, 0.29) is 11.9 Å². The highest BCUT2D eigenvalue weighted by Gasteiger charge is 2.21. The normalized spacial score (nSPS) is 11.8. The quantitative estimate of drug-likeness (QED) is 0.0509. The molecule has 258 valence electrons. The Morgan fingerprint density at radius 3 is 1.89 bits per heavy atom. The number of thiophene rings is 1. The third kappa shape index (κ3) is 12.9. The number of rotatable bonds is 15. The summed E-state index contributed by atoms with van der Waals surface area (Å²) in [6.07, 6.45) is 3.41. The van der Waals surface area contributed by atoms with Gasteiger partial charge in [0.05, 0.1) is 18.1 Å². The van der Waals surface area contributed by atoms with E-state index in [0.29, 0.717) is 53.8 Å². The van der Waals surface area contributed by atoms with Crippen molar-refractivity contribution in [3.63, 3.8) is 0 Å². The number of carbonyl (C=O) groups is 2. The van der Waals surface area contributed by atoms with Gasteiger partial charge in [0.1, 0.15) is 34.0 Å². The Labute approximate surface area is 298 Å². The minimum Gasteiger partial charge on any atom is -0.462 e. The number of esters is 2. The number of aryl methyl sites for hydroxylation is 1. The van der Waals surface area contributed by atoms with Gasteiger partial charge >= 0.3 is 11.9 Å². The summed E-state index contributed by atoms with van der Waals surface area (Å²) in [5, 5.41) is 10.0. The number of carbonyl (C=O) groups excluding carboxylic acids is 2. The zero-order valence-corrected chi connectivity index (χ0v) is 34.1. The number of ether oxygens (including phenoxy) is 4. The number of hydrogen-bond acceptors (Lipinski definition) is 9. The van der Waals surface area contributed by atoms with Crippen LogP contribution in [0.3, 0.4) is 0 Å². The second kappa shape index (κ2) is 17.9. The molecule has 0 saturated carbocycles. The van der Waals surface area contributed by atoms with Crippen molar-refractivity contribution in [2.75, 3.05) is 26.4 Å². The Balaban J connectivity index is 0.000000277. The zero-order valence-electron chi connectivity index (χ0n) is 29.1. The second-order valence-electron chi connectivity index (χ2n) is 13.6. The Morgan fingerprint density at radius 2 is 1.34 bits per heavy atom. The van der Waals surface area contributed by atoms with Crippen LogP contribution >= 0.6 is 33.9 Å². The molecule has 0 bridgehead atoms. The Hall–Kier alpha value is -2.38. The SMILES string of the molecule is CCOC(=O)c1cn(COCC[Si](C)(C)C)nc1-c1cc2cc(C)ccc2s1.CCOC(=O)c1cn(COCC[Si](C)(C)C)nc1I. The smallest absolute Gasteiger partial charge is 0.342 e. The highest BCUT2D eigenvalue weighted by Crippen LogP contribution is 2.35. The van der Waals surface area contributed by atoms with Gasteiger partial charge in [0.15, 0.2) is 0 Å². The van der Waals surface area contributed by atoms with E-state index in [0.717, 1.165) is 29.0 Å². The fraction of sp³-hybridized carbons (Fsp3) is 0.515. The van der Waals surface area contributed by atoms with Crippen LogP contribution in [0, 0.1) is 10.6 Å². The van der Waals surface area contributed by atoms with Crippen molar-refractivity contribution in [3.05, 3.63) is 57.1 Å². The summed E-state index contributed by atoms with van der Waals surface area (Å²) in [5.74, 6) is -0.681. The fourth-order valence-corrected chi connectivity index (χ4v) is 7.38. The first-order valence-corrected chi connectivity index (χ1v) is 25.2. The van der Waals surface area contributed by atoms with Crippen molar-refractivity contribution < 1.29 is 28.5 Å². The molecule has 0 aliphatic rings. The zero-order chi connectivity index (χ0) is 34.8. The van der Waals surface area contributed by atoms with Gasteiger partial charge in [-0.05, 0) is 73.0 Å². The summed E-state index contributed by atoms with van der Waals surface area (Å²) in [5.41, 5.74) is 2.85. The van der Waals surface area contributed by atoms with E-state index < -0.39 is 16.1 Å². The molecular weight excluding hydrogens is 764 g/mol. The second-order valence-corrected chi connectivity index (χ2v) is 26.9. The molecule has 47 heavy (non-hydrogen) atoms. The molecule has 3 heterocycles. The van der Waals surface area contributed by atoms with Crippen molar-refractivity contribution >= 4 is 72.1 Å². The highest BCUT2D eigenvalue weighted by atomic mass is 127. The van der Waals surface area contributed by atoms with Crippen LogP contribution < -0.4 is 0 Å². The largest absolute Gasteiger partial charge is 0.462 e. The van der Waals surface area contributed by atoms with Gasteiger partial charge < -0.3 is 18.9 Å². The fourth-order valence-electron chi connectivity index (χ4n) is 4.19. The van der Waals surface area contributed by atoms with Crippen molar-refractivity contribution in [2.24, 2.45) is 0 Å². The highest BCUT2D eigenvalue weighted by molar-refractivity contribution is 14.1. The molecule has 0 aliphatic carbocycles. The van der Waals surface area contributed by atoms with Crippen LogP contribution in [0.4, 0.5) is 0 Å². The lowest BCUT2D eigenvalue weighted by atomic mass is 10.1. The molecule has 1 aromatic carbocycles. The van der Waals surface area contributed by atoms with Crippen LogP contribution in [-0.4, -0.2) is 74.1 Å². The van der Waals surface area contributed by atoms with Gasteiger partial charge in [-0.2, -0.15) is 10.2 Å². The van der Waals surface area contributed by atoms with Crippen molar-refractivity contribution in [2.45, 2.75) is 85.6 Å². The Kier molecular flexibility index (Phi) is 14.8. The van der Waals surface area contributed by atoms with E-state index in [1.54, 1.807) is 40.0 Å². The van der Waals surface area contributed by atoms with Crippen LogP contribution in [0.1, 0.15) is 40.1 Å². The summed E-state index contributed by atoms with van der Waals surface area (Å²) in [6.45, 7) is 22.4. The Morgan fingerprint density at radius 1 is 0.809 bits per heavy atom. The molecular formula is C33H49IN4O6SSi2. The van der Waals surface area contributed by atoms with Crippen LogP contribution in [0.2, 0.25) is 51.4 Å². The minimum absolute atomic E-state index is 0.333. The van der Waals surface area contributed by atoms with Gasteiger partial charge in [-0.1, -0.05) is 57.0 Å². The molecule has 0 unspecified atom stereocenters. The first-order chi connectivity index (χ1) is 22.1. The van der Waals surface area contributed by atoms with Gasteiger partial charge in [0.2, 0.25) is 0 Å². The van der Waals surface area contributed by atoms with Crippen molar-refractivity contribution in [3.8, 4) is 10.6 Å². The topological polar surface area (TPSA) is 107 Å². The van der Waals surface area contributed by atoms with E-state index >= 15 is 0 Å². The number of halogens is 1. The molecule has 3 aromatic heterocycles. The molecule has 0 N–H and O–H groups in total. The maximum absolute atomic E-state index is 12.5. The number of fused-ring (bicyclic) bond motifs is 1. The predicted molar refractivity (Wildman–Crippen MR) is 203 cm³/mol. The van der Waals surface area contributed by atoms with E-state index in [1.165, 1.54) is 10.3 Å². The number of benzene rings is 1.